The number of benzene rings is 1. The number of amides is 2. The highest BCUT2D eigenvalue weighted by Gasteiger charge is 2.17. The van der Waals surface area contributed by atoms with E-state index in [0.29, 0.717) is 24.5 Å². The highest BCUT2D eigenvalue weighted by molar-refractivity contribution is 7.99. The number of carbonyl (C=O) groups excluding carboxylic acids is 2. The van der Waals surface area contributed by atoms with E-state index in [0.717, 1.165) is 31.2 Å². The summed E-state index contributed by atoms with van der Waals surface area (Å²) in [5, 5.41) is 5.45. The maximum absolute atomic E-state index is 12.4. The Bertz CT molecular complexity index is 973. The van der Waals surface area contributed by atoms with Gasteiger partial charge in [0.1, 0.15) is 11.4 Å². The molecular formula is C20H25N5O5S. The first-order valence-electron chi connectivity index (χ1n) is 9.91. The van der Waals surface area contributed by atoms with E-state index < -0.39 is 11.5 Å². The van der Waals surface area contributed by atoms with Crippen LogP contribution in [0.4, 0.5) is 11.5 Å². The van der Waals surface area contributed by atoms with Crippen LogP contribution in [0.3, 0.4) is 0 Å². The van der Waals surface area contributed by atoms with Crippen LogP contribution in [0.25, 0.3) is 0 Å². The zero-order chi connectivity index (χ0) is 22.2. The van der Waals surface area contributed by atoms with E-state index in [1.807, 2.05) is 6.92 Å². The second kappa shape index (κ2) is 10.8. The van der Waals surface area contributed by atoms with Gasteiger partial charge in [-0.1, -0.05) is 11.8 Å². The third-order valence-electron chi connectivity index (χ3n) is 4.48. The summed E-state index contributed by atoms with van der Waals surface area (Å²) in [7, 11) is 0. The summed E-state index contributed by atoms with van der Waals surface area (Å²) in [5.41, 5.74) is 5.45. The standard InChI is InChI=1S/C20H25N5O5S/c1-2-29-13-7-5-12(6-8-13)18(27)23-16-17(21)24-20(25-19(16)28)31-11-15(26)22-10-14-4-3-9-30-14/h5-8,14H,2-4,9-11H2,1H3,(H,22,26)(H,23,27)(H3,21,24,25,28)/t14-/m0/s1. The Kier molecular flexibility index (Phi) is 7.90. The molecule has 1 aromatic carbocycles. The number of carbonyl (C=O) groups is 2. The summed E-state index contributed by atoms with van der Waals surface area (Å²) in [6.07, 6.45) is 1.99. The van der Waals surface area contributed by atoms with Gasteiger partial charge in [-0.3, -0.25) is 19.4 Å². The van der Waals surface area contributed by atoms with Gasteiger partial charge < -0.3 is 25.8 Å². The van der Waals surface area contributed by atoms with Crippen LogP contribution in [0.5, 0.6) is 5.75 Å². The van der Waals surface area contributed by atoms with Gasteiger partial charge >= 0.3 is 0 Å². The predicted molar refractivity (Wildman–Crippen MR) is 118 cm³/mol. The lowest BCUT2D eigenvalue weighted by Gasteiger charge is -2.11. The van der Waals surface area contributed by atoms with Crippen LogP contribution in [0.1, 0.15) is 30.1 Å². The van der Waals surface area contributed by atoms with Crippen LogP contribution in [-0.4, -0.2) is 53.4 Å². The van der Waals surface area contributed by atoms with E-state index in [2.05, 4.69) is 20.6 Å². The number of H-pyrrole nitrogens is 1. The van der Waals surface area contributed by atoms with Gasteiger partial charge in [-0.25, -0.2) is 4.98 Å². The van der Waals surface area contributed by atoms with Crippen molar-refractivity contribution in [2.24, 2.45) is 0 Å². The lowest BCUT2D eigenvalue weighted by molar-refractivity contribution is -0.119. The molecule has 1 aromatic heterocycles. The molecule has 1 saturated heterocycles. The zero-order valence-electron chi connectivity index (χ0n) is 17.1. The van der Waals surface area contributed by atoms with Gasteiger partial charge in [-0.15, -0.1) is 0 Å². The largest absolute Gasteiger partial charge is 0.494 e. The number of nitrogen functional groups attached to an aromatic ring is 1. The predicted octanol–water partition coefficient (Wildman–Crippen LogP) is 1.39. The topological polar surface area (TPSA) is 148 Å². The van der Waals surface area contributed by atoms with E-state index in [4.69, 9.17) is 15.2 Å². The molecule has 166 valence electrons. The lowest BCUT2D eigenvalue weighted by Crippen LogP contribution is -2.33. The summed E-state index contributed by atoms with van der Waals surface area (Å²) in [5.74, 6) is -0.136. The number of nitrogens with two attached hydrogens (primary N) is 1. The van der Waals surface area contributed by atoms with Crippen LogP contribution in [0.15, 0.2) is 34.2 Å². The maximum atomic E-state index is 12.4. The molecule has 0 spiro atoms. The molecule has 31 heavy (non-hydrogen) atoms. The molecule has 0 radical (unpaired) electrons. The first-order valence-corrected chi connectivity index (χ1v) is 10.9. The minimum Gasteiger partial charge on any atom is -0.494 e. The minimum atomic E-state index is -0.603. The van der Waals surface area contributed by atoms with E-state index in [1.165, 1.54) is 0 Å². The van der Waals surface area contributed by atoms with Gasteiger partial charge in [-0.2, -0.15) is 0 Å². The number of ether oxygens (including phenoxy) is 2. The fourth-order valence-electron chi connectivity index (χ4n) is 2.93. The average molecular weight is 448 g/mol. The van der Waals surface area contributed by atoms with Crippen molar-refractivity contribution in [2.45, 2.75) is 31.0 Å². The van der Waals surface area contributed by atoms with Crippen molar-refractivity contribution in [3.8, 4) is 5.75 Å². The van der Waals surface area contributed by atoms with Crippen molar-refractivity contribution in [3.05, 3.63) is 40.2 Å². The SMILES string of the molecule is CCOc1ccc(C(=O)Nc2c(N)nc(SCC(=O)NC[C@@H]3CCCO3)[nH]c2=O)cc1. The molecule has 2 aromatic rings. The van der Waals surface area contributed by atoms with Gasteiger partial charge in [0.05, 0.1) is 18.5 Å². The molecule has 5 N–H and O–H groups in total. The molecule has 3 rings (SSSR count). The molecule has 1 atom stereocenters. The van der Waals surface area contributed by atoms with Gasteiger partial charge in [0.2, 0.25) is 5.91 Å². The van der Waals surface area contributed by atoms with Crippen molar-refractivity contribution in [2.75, 3.05) is 36.6 Å². The Hall–Kier alpha value is -3.05. The molecule has 0 unspecified atom stereocenters. The normalized spacial score (nSPS) is 15.5. The van der Waals surface area contributed by atoms with Gasteiger partial charge in [0.15, 0.2) is 11.0 Å². The van der Waals surface area contributed by atoms with Crippen LogP contribution in [-0.2, 0) is 9.53 Å². The second-order valence-corrected chi connectivity index (χ2v) is 7.73. The second-order valence-electron chi connectivity index (χ2n) is 6.77. The Labute approximate surface area is 183 Å². The molecule has 11 heteroatoms. The summed E-state index contributed by atoms with van der Waals surface area (Å²) < 4.78 is 10.8. The summed E-state index contributed by atoms with van der Waals surface area (Å²) >= 11 is 1.04. The molecule has 0 aliphatic carbocycles. The van der Waals surface area contributed by atoms with Crippen molar-refractivity contribution in [3.63, 3.8) is 0 Å². The number of hydrogen-bond acceptors (Lipinski definition) is 8. The molecule has 10 nitrogen and oxygen atoms in total. The number of rotatable bonds is 9. The Balaban J connectivity index is 1.56. The number of anilines is 2. The first kappa shape index (κ1) is 22.6. The molecule has 1 aliphatic heterocycles. The van der Waals surface area contributed by atoms with Crippen molar-refractivity contribution >= 4 is 35.1 Å². The number of aromatic amines is 1. The summed E-state index contributed by atoms with van der Waals surface area (Å²) in [6, 6.07) is 6.48. The van der Waals surface area contributed by atoms with Gasteiger partial charge in [0, 0.05) is 18.7 Å². The Morgan fingerprint density at radius 2 is 2.13 bits per heavy atom. The monoisotopic (exact) mass is 447 g/mol. The maximum Gasteiger partial charge on any atom is 0.277 e. The lowest BCUT2D eigenvalue weighted by atomic mass is 10.2. The Morgan fingerprint density at radius 3 is 2.77 bits per heavy atom. The highest BCUT2D eigenvalue weighted by Crippen LogP contribution is 2.18. The van der Waals surface area contributed by atoms with E-state index in [9.17, 15) is 14.4 Å². The quantitative estimate of drug-likeness (QED) is 0.333. The van der Waals surface area contributed by atoms with Gasteiger partial charge in [-0.05, 0) is 44.0 Å². The minimum absolute atomic E-state index is 0.0563. The zero-order valence-corrected chi connectivity index (χ0v) is 17.9. The Morgan fingerprint density at radius 1 is 1.35 bits per heavy atom. The molecule has 1 aliphatic rings. The molecule has 1 fully saturated rings. The van der Waals surface area contributed by atoms with Crippen molar-refractivity contribution in [1.29, 1.82) is 0 Å². The van der Waals surface area contributed by atoms with E-state index in [1.54, 1.807) is 24.3 Å². The number of thioether (sulfide) groups is 1. The van der Waals surface area contributed by atoms with Crippen molar-refractivity contribution in [1.82, 2.24) is 15.3 Å². The molecule has 0 saturated carbocycles. The highest BCUT2D eigenvalue weighted by atomic mass is 32.2. The van der Waals surface area contributed by atoms with Crippen molar-refractivity contribution < 1.29 is 19.1 Å². The smallest absolute Gasteiger partial charge is 0.277 e. The summed E-state index contributed by atoms with van der Waals surface area (Å²) in [6.45, 7) is 3.57. The van der Waals surface area contributed by atoms with Gasteiger partial charge in [0.25, 0.3) is 11.5 Å². The molecular weight excluding hydrogens is 422 g/mol. The molecule has 2 heterocycles. The molecule has 0 bridgehead atoms. The number of aromatic nitrogens is 2. The van der Waals surface area contributed by atoms with Crippen LogP contribution in [0, 0.1) is 0 Å². The molecule has 2 amide bonds. The third kappa shape index (κ3) is 6.46. The first-order chi connectivity index (χ1) is 15.0. The number of hydrogen-bond donors (Lipinski definition) is 4. The number of nitrogens with one attached hydrogen (secondary N) is 3. The van der Waals surface area contributed by atoms with Crippen LogP contribution < -0.4 is 26.7 Å². The van der Waals surface area contributed by atoms with E-state index >= 15 is 0 Å². The van der Waals surface area contributed by atoms with E-state index in [-0.39, 0.29) is 34.4 Å². The average Bonchev–Trinajstić information content (AvgIpc) is 3.28. The fraction of sp³-hybridized carbons (Fsp3) is 0.400. The summed E-state index contributed by atoms with van der Waals surface area (Å²) in [4.78, 5) is 43.4. The number of nitrogens with zero attached hydrogens (tertiary/aromatic N) is 1. The van der Waals surface area contributed by atoms with Crippen LogP contribution in [0.2, 0.25) is 0 Å². The third-order valence-corrected chi connectivity index (χ3v) is 5.36. The van der Waals surface area contributed by atoms with Crippen LogP contribution >= 0.6 is 11.8 Å². The fourth-order valence-corrected chi connectivity index (χ4v) is 3.63.